The Bertz CT molecular complexity index is 573. The Hall–Kier alpha value is -1.27. The minimum absolute atomic E-state index is 0.0291. The summed E-state index contributed by atoms with van der Waals surface area (Å²) < 4.78 is 16.3. The molecule has 3 aliphatic rings. The van der Waals surface area contributed by atoms with Crippen molar-refractivity contribution in [2.75, 3.05) is 6.61 Å². The number of aliphatic hydroxyl groups excluding tert-OH is 4. The van der Waals surface area contributed by atoms with Crippen LogP contribution in [0.2, 0.25) is 0 Å². The molecule has 0 spiro atoms. The van der Waals surface area contributed by atoms with Crippen LogP contribution in [-0.2, 0) is 19.0 Å². The molecule has 2 fully saturated rings. The normalized spacial score (nSPS) is 48.5. The summed E-state index contributed by atoms with van der Waals surface area (Å²) in [6.45, 7) is 0.943. The summed E-state index contributed by atoms with van der Waals surface area (Å²) >= 11 is 0. The van der Waals surface area contributed by atoms with Crippen LogP contribution in [0.5, 0.6) is 0 Å². The zero-order valence-electron chi connectivity index (χ0n) is 14.1. The zero-order chi connectivity index (χ0) is 19.2. The smallest absolute Gasteiger partial charge is 0.334 e. The number of fused-ring (bicyclic) bond motifs is 1. The summed E-state index contributed by atoms with van der Waals surface area (Å²) in [7, 11) is 0. The second-order valence-electron chi connectivity index (χ2n) is 7.24. The maximum atomic E-state index is 11.4. The quantitative estimate of drug-likeness (QED) is 0.320. The fourth-order valence-corrected chi connectivity index (χ4v) is 4.01. The van der Waals surface area contributed by atoms with E-state index >= 15 is 0 Å². The molecule has 6 N–H and O–H groups in total. The van der Waals surface area contributed by atoms with Gasteiger partial charge in [0.25, 0.3) is 0 Å². The van der Waals surface area contributed by atoms with Gasteiger partial charge in [0.05, 0.1) is 30.0 Å². The number of hydrogen-bond donors (Lipinski definition) is 6. The summed E-state index contributed by atoms with van der Waals surface area (Å²) in [6, 6.07) is 0. The second-order valence-corrected chi connectivity index (χ2v) is 7.24. The number of aliphatic carboxylic acids is 1. The summed E-state index contributed by atoms with van der Waals surface area (Å²) in [6.07, 6.45) is -6.66. The first kappa shape index (κ1) is 19.5. The zero-order valence-corrected chi connectivity index (χ0v) is 14.1. The van der Waals surface area contributed by atoms with Gasteiger partial charge in [-0.25, -0.2) is 4.79 Å². The SMILES string of the molecule is C[C@@]1(O)CC[C@H]2C(C(=O)O)=CO[C@@H](O[C@@H]3O[C@H](CO)[C@@H](O)[C@H](O)[C@H]3O)[C@H]21. The molecule has 2 aliphatic heterocycles. The first-order valence-electron chi connectivity index (χ1n) is 8.44. The van der Waals surface area contributed by atoms with Crippen molar-refractivity contribution < 1.29 is 49.6 Å². The number of carboxylic acid groups (broad SMARTS) is 1. The van der Waals surface area contributed by atoms with Gasteiger partial charge < -0.3 is 44.8 Å². The molecule has 3 rings (SSSR count). The number of aliphatic hydroxyl groups is 5. The predicted octanol–water partition coefficient (Wildman–Crippen LogP) is -2.10. The van der Waals surface area contributed by atoms with E-state index in [-0.39, 0.29) is 5.57 Å². The number of carbonyl (C=O) groups is 1. The monoisotopic (exact) mass is 376 g/mol. The van der Waals surface area contributed by atoms with Crippen LogP contribution in [0.4, 0.5) is 0 Å². The molecule has 0 radical (unpaired) electrons. The van der Waals surface area contributed by atoms with Crippen molar-refractivity contribution in [3.05, 3.63) is 11.8 Å². The van der Waals surface area contributed by atoms with Gasteiger partial charge in [0.15, 0.2) is 6.29 Å². The minimum atomic E-state index is -1.62. The van der Waals surface area contributed by atoms with Crippen LogP contribution in [0.25, 0.3) is 0 Å². The molecule has 0 amide bonds. The molecular formula is C16H24O10. The van der Waals surface area contributed by atoms with Crippen LogP contribution < -0.4 is 0 Å². The van der Waals surface area contributed by atoms with Gasteiger partial charge in [-0.2, -0.15) is 0 Å². The summed E-state index contributed by atoms with van der Waals surface area (Å²) in [5.41, 5.74) is -1.24. The molecular weight excluding hydrogens is 352 g/mol. The Labute approximate surface area is 149 Å². The Morgan fingerprint density at radius 3 is 2.58 bits per heavy atom. The summed E-state index contributed by atoms with van der Waals surface area (Å²) in [5, 5.41) is 58.9. The van der Waals surface area contributed by atoms with E-state index in [2.05, 4.69) is 0 Å². The second kappa shape index (κ2) is 7.04. The molecule has 9 atom stereocenters. The van der Waals surface area contributed by atoms with Crippen LogP contribution >= 0.6 is 0 Å². The molecule has 10 nitrogen and oxygen atoms in total. The Morgan fingerprint density at radius 1 is 1.27 bits per heavy atom. The molecule has 0 aromatic rings. The van der Waals surface area contributed by atoms with Crippen LogP contribution in [0.1, 0.15) is 19.8 Å². The molecule has 1 saturated carbocycles. The average molecular weight is 376 g/mol. The van der Waals surface area contributed by atoms with Gasteiger partial charge >= 0.3 is 5.97 Å². The molecule has 26 heavy (non-hydrogen) atoms. The maximum absolute atomic E-state index is 11.4. The van der Waals surface area contributed by atoms with Gasteiger partial charge in [-0.3, -0.25) is 0 Å². The van der Waals surface area contributed by atoms with Crippen molar-refractivity contribution in [2.24, 2.45) is 11.8 Å². The van der Waals surface area contributed by atoms with E-state index in [9.17, 15) is 35.4 Å². The standard InChI is InChI=1S/C16H24O10/c1-16(23)3-2-6-7(13(21)22)5-24-14(9(6)16)26-15-12(20)11(19)10(18)8(4-17)25-15/h5-6,8-12,14-15,17-20,23H,2-4H2,1H3,(H,21,22)/t6-,8+,9-,10+,11-,12+,14-,15-,16+/m0/s1. The molecule has 0 aromatic heterocycles. The number of hydrogen-bond acceptors (Lipinski definition) is 9. The van der Waals surface area contributed by atoms with Gasteiger partial charge in [0, 0.05) is 5.92 Å². The fraction of sp³-hybridized carbons (Fsp3) is 0.812. The van der Waals surface area contributed by atoms with Gasteiger partial charge in [-0.05, 0) is 19.8 Å². The van der Waals surface area contributed by atoms with Gasteiger partial charge in [-0.15, -0.1) is 0 Å². The van der Waals surface area contributed by atoms with Crippen molar-refractivity contribution in [3.8, 4) is 0 Å². The first-order valence-corrected chi connectivity index (χ1v) is 8.44. The summed E-state index contributed by atoms with van der Waals surface area (Å²) in [5.74, 6) is -2.39. The van der Waals surface area contributed by atoms with Crippen molar-refractivity contribution in [3.63, 3.8) is 0 Å². The third-order valence-electron chi connectivity index (χ3n) is 5.50. The van der Waals surface area contributed by atoms with E-state index in [1.54, 1.807) is 6.92 Å². The minimum Gasteiger partial charge on any atom is -0.478 e. The van der Waals surface area contributed by atoms with Gasteiger partial charge in [-0.1, -0.05) is 0 Å². The average Bonchev–Trinajstić information content (AvgIpc) is 2.91. The predicted molar refractivity (Wildman–Crippen MR) is 82.3 cm³/mol. The third-order valence-corrected chi connectivity index (χ3v) is 5.50. The number of ether oxygens (including phenoxy) is 3. The maximum Gasteiger partial charge on any atom is 0.334 e. The van der Waals surface area contributed by atoms with E-state index < -0.39 is 67.0 Å². The largest absolute Gasteiger partial charge is 0.478 e. The fourth-order valence-electron chi connectivity index (χ4n) is 4.01. The van der Waals surface area contributed by atoms with Gasteiger partial charge in [0.2, 0.25) is 6.29 Å². The number of carboxylic acids is 1. The third kappa shape index (κ3) is 3.22. The molecule has 10 heteroatoms. The highest BCUT2D eigenvalue weighted by Gasteiger charge is 2.55. The lowest BCUT2D eigenvalue weighted by Crippen LogP contribution is -2.60. The van der Waals surface area contributed by atoms with Crippen molar-refractivity contribution in [2.45, 2.75) is 62.4 Å². The molecule has 0 unspecified atom stereocenters. The van der Waals surface area contributed by atoms with Crippen LogP contribution in [0, 0.1) is 11.8 Å². The van der Waals surface area contributed by atoms with Crippen molar-refractivity contribution in [1.82, 2.24) is 0 Å². The van der Waals surface area contributed by atoms with E-state index in [4.69, 9.17) is 14.2 Å². The van der Waals surface area contributed by atoms with Crippen LogP contribution in [0.15, 0.2) is 11.8 Å². The molecule has 0 aromatic carbocycles. The first-order chi connectivity index (χ1) is 12.2. The Balaban J connectivity index is 1.81. The van der Waals surface area contributed by atoms with E-state index in [1.807, 2.05) is 0 Å². The van der Waals surface area contributed by atoms with Crippen LogP contribution in [0.3, 0.4) is 0 Å². The lowest BCUT2D eigenvalue weighted by molar-refractivity contribution is -0.346. The number of rotatable bonds is 4. The molecule has 2 heterocycles. The Kier molecular flexibility index (Phi) is 5.28. The molecule has 0 bridgehead atoms. The Morgan fingerprint density at radius 2 is 1.96 bits per heavy atom. The highest BCUT2D eigenvalue weighted by molar-refractivity contribution is 5.87. The van der Waals surface area contributed by atoms with Gasteiger partial charge in [0.1, 0.15) is 24.4 Å². The highest BCUT2D eigenvalue weighted by atomic mass is 16.8. The highest BCUT2D eigenvalue weighted by Crippen LogP contribution is 2.49. The van der Waals surface area contributed by atoms with E-state index in [1.165, 1.54) is 0 Å². The van der Waals surface area contributed by atoms with Crippen LogP contribution in [-0.4, -0.2) is 85.8 Å². The molecule has 148 valence electrons. The van der Waals surface area contributed by atoms with Crippen molar-refractivity contribution >= 4 is 5.97 Å². The van der Waals surface area contributed by atoms with E-state index in [0.29, 0.717) is 12.8 Å². The van der Waals surface area contributed by atoms with Crippen molar-refractivity contribution in [1.29, 1.82) is 0 Å². The topological polar surface area (TPSA) is 166 Å². The lowest BCUT2D eigenvalue weighted by atomic mass is 9.81. The molecule has 1 aliphatic carbocycles. The molecule has 1 saturated heterocycles. The summed E-state index contributed by atoms with van der Waals surface area (Å²) in [4.78, 5) is 11.4. The van der Waals surface area contributed by atoms with E-state index in [0.717, 1.165) is 6.26 Å². The lowest BCUT2D eigenvalue weighted by Gasteiger charge is -2.44.